The highest BCUT2D eigenvalue weighted by Gasteiger charge is 2.48. The van der Waals surface area contributed by atoms with Crippen molar-refractivity contribution in [3.8, 4) is 0 Å². The Morgan fingerprint density at radius 1 is 1.28 bits per heavy atom. The predicted molar refractivity (Wildman–Crippen MR) is 70.8 cm³/mol. The number of esters is 1. The lowest BCUT2D eigenvalue weighted by atomic mass is 9.78. The van der Waals surface area contributed by atoms with Crippen LogP contribution in [0.25, 0.3) is 5.57 Å². The molecule has 0 saturated heterocycles. The molecule has 2 heteroatoms. The third kappa shape index (κ3) is 1.86. The Morgan fingerprint density at radius 2 is 2.00 bits per heavy atom. The third-order valence-corrected chi connectivity index (χ3v) is 4.03. The smallest absolute Gasteiger partial charge is 0.334 e. The molecule has 2 aliphatic rings. The zero-order valence-electron chi connectivity index (χ0n) is 10.7. The van der Waals surface area contributed by atoms with Crippen LogP contribution >= 0.6 is 0 Å². The van der Waals surface area contributed by atoms with Gasteiger partial charge in [-0.1, -0.05) is 36.8 Å². The van der Waals surface area contributed by atoms with Gasteiger partial charge >= 0.3 is 5.97 Å². The van der Waals surface area contributed by atoms with Crippen molar-refractivity contribution < 1.29 is 9.53 Å². The maximum Gasteiger partial charge on any atom is 0.334 e. The third-order valence-electron chi connectivity index (χ3n) is 4.03. The van der Waals surface area contributed by atoms with E-state index in [1.54, 1.807) is 0 Å². The summed E-state index contributed by atoms with van der Waals surface area (Å²) in [7, 11) is 0. The lowest BCUT2D eigenvalue weighted by Crippen LogP contribution is -2.17. The number of hydrogen-bond acceptors (Lipinski definition) is 2. The molecule has 0 aromatic heterocycles. The Balaban J connectivity index is 1.85. The van der Waals surface area contributed by atoms with E-state index in [2.05, 4.69) is 12.1 Å². The summed E-state index contributed by atoms with van der Waals surface area (Å²) in [6.45, 7) is 2.32. The Kier molecular flexibility index (Phi) is 2.94. The molecule has 3 rings (SSSR count). The second-order valence-corrected chi connectivity index (χ2v) is 5.08. The van der Waals surface area contributed by atoms with E-state index >= 15 is 0 Å². The molecule has 0 N–H and O–H groups in total. The molecule has 0 radical (unpaired) electrons. The number of carbonyl (C=O) groups excluding carboxylic acids is 1. The normalized spacial score (nSPS) is 22.6. The van der Waals surface area contributed by atoms with Gasteiger partial charge in [-0.3, -0.25) is 0 Å². The van der Waals surface area contributed by atoms with Gasteiger partial charge in [0.05, 0.1) is 6.61 Å². The molecule has 0 aliphatic heterocycles. The molecule has 1 fully saturated rings. The average molecular weight is 242 g/mol. The van der Waals surface area contributed by atoms with E-state index in [1.807, 2.05) is 25.1 Å². The van der Waals surface area contributed by atoms with E-state index in [9.17, 15) is 4.79 Å². The van der Waals surface area contributed by atoms with E-state index in [0.29, 0.717) is 18.4 Å². The second-order valence-electron chi connectivity index (χ2n) is 5.08. The molecule has 1 saturated carbocycles. The van der Waals surface area contributed by atoms with E-state index in [4.69, 9.17) is 4.74 Å². The number of allylic oxidation sites excluding steroid dienone is 1. The summed E-state index contributed by atoms with van der Waals surface area (Å²) < 4.78 is 5.17. The molecule has 1 aromatic carbocycles. The van der Waals surface area contributed by atoms with Crippen molar-refractivity contribution in [2.45, 2.75) is 26.2 Å². The van der Waals surface area contributed by atoms with Gasteiger partial charge in [0, 0.05) is 11.5 Å². The van der Waals surface area contributed by atoms with Crippen molar-refractivity contribution in [1.82, 2.24) is 0 Å². The minimum atomic E-state index is -0.103. The number of rotatable bonds is 4. The van der Waals surface area contributed by atoms with Crippen molar-refractivity contribution >= 4 is 11.5 Å². The van der Waals surface area contributed by atoms with Crippen molar-refractivity contribution in [3.05, 3.63) is 41.5 Å². The lowest BCUT2D eigenvalue weighted by Gasteiger charge is -2.26. The Bertz CT molecular complexity index is 483. The summed E-state index contributed by atoms with van der Waals surface area (Å²) >= 11 is 0. The lowest BCUT2D eigenvalue weighted by molar-refractivity contribution is -0.138. The molecular weight excluding hydrogens is 224 g/mol. The molecule has 2 nitrogen and oxygen atoms in total. The van der Waals surface area contributed by atoms with E-state index in [-0.39, 0.29) is 5.97 Å². The van der Waals surface area contributed by atoms with Gasteiger partial charge in [0.2, 0.25) is 0 Å². The first-order chi connectivity index (χ1) is 8.83. The molecule has 0 amide bonds. The predicted octanol–water partition coefficient (Wildman–Crippen LogP) is 3.43. The van der Waals surface area contributed by atoms with Gasteiger partial charge in [-0.2, -0.15) is 0 Å². The summed E-state index contributed by atoms with van der Waals surface area (Å²) in [5.74, 6) is 0.952. The van der Waals surface area contributed by atoms with Crippen LogP contribution in [0.15, 0.2) is 35.9 Å². The molecule has 18 heavy (non-hydrogen) atoms. The Labute approximate surface area is 108 Å². The molecule has 0 heterocycles. The zero-order valence-corrected chi connectivity index (χ0v) is 10.7. The summed E-state index contributed by atoms with van der Waals surface area (Å²) in [5, 5.41) is 0. The SMILES string of the molecule is CCOC(=O)C1=C(c2ccccc2)C1C1CCC1. The van der Waals surface area contributed by atoms with Crippen LogP contribution in [0, 0.1) is 11.8 Å². The van der Waals surface area contributed by atoms with Crippen LogP contribution < -0.4 is 0 Å². The molecule has 0 spiro atoms. The van der Waals surface area contributed by atoms with Crippen LogP contribution in [0.5, 0.6) is 0 Å². The van der Waals surface area contributed by atoms with Gasteiger partial charge in [-0.25, -0.2) is 4.79 Å². The minimum Gasteiger partial charge on any atom is -0.463 e. The number of carbonyl (C=O) groups is 1. The molecule has 2 aliphatic carbocycles. The van der Waals surface area contributed by atoms with Crippen LogP contribution in [-0.2, 0) is 9.53 Å². The van der Waals surface area contributed by atoms with Crippen LogP contribution in [0.4, 0.5) is 0 Å². The minimum absolute atomic E-state index is 0.103. The van der Waals surface area contributed by atoms with Crippen molar-refractivity contribution in [1.29, 1.82) is 0 Å². The van der Waals surface area contributed by atoms with Gasteiger partial charge in [0.1, 0.15) is 0 Å². The van der Waals surface area contributed by atoms with Gasteiger partial charge < -0.3 is 4.74 Å². The van der Waals surface area contributed by atoms with Crippen LogP contribution in [0.2, 0.25) is 0 Å². The highest BCUT2D eigenvalue weighted by Crippen LogP contribution is 2.56. The molecule has 1 atom stereocenters. The first-order valence-electron chi connectivity index (χ1n) is 6.79. The fraction of sp³-hybridized carbons (Fsp3) is 0.438. The monoisotopic (exact) mass is 242 g/mol. The standard InChI is InChI=1S/C16H18O2/c1-2-18-16(17)15-13(11-7-4-3-5-8-11)14(15)12-9-6-10-12/h3-5,7-8,12,14H,2,6,9-10H2,1H3. The maximum absolute atomic E-state index is 12.0. The highest BCUT2D eigenvalue weighted by molar-refractivity contribution is 6.10. The first kappa shape index (κ1) is 11.5. The van der Waals surface area contributed by atoms with Gasteiger partial charge in [0.15, 0.2) is 0 Å². The van der Waals surface area contributed by atoms with Crippen LogP contribution in [-0.4, -0.2) is 12.6 Å². The quantitative estimate of drug-likeness (QED) is 0.756. The fourth-order valence-corrected chi connectivity index (χ4v) is 2.88. The molecular formula is C16H18O2. The molecule has 1 unspecified atom stereocenters. The van der Waals surface area contributed by atoms with Crippen molar-refractivity contribution in [2.24, 2.45) is 11.8 Å². The highest BCUT2D eigenvalue weighted by atomic mass is 16.5. The van der Waals surface area contributed by atoms with Crippen LogP contribution in [0.1, 0.15) is 31.7 Å². The zero-order chi connectivity index (χ0) is 12.5. The van der Waals surface area contributed by atoms with E-state index < -0.39 is 0 Å². The summed E-state index contributed by atoms with van der Waals surface area (Å²) in [6.07, 6.45) is 3.81. The van der Waals surface area contributed by atoms with E-state index in [0.717, 1.165) is 5.57 Å². The molecule has 1 aromatic rings. The number of ether oxygens (including phenoxy) is 1. The second kappa shape index (κ2) is 4.60. The summed E-state index contributed by atoms with van der Waals surface area (Å²) in [5.41, 5.74) is 3.36. The maximum atomic E-state index is 12.0. The van der Waals surface area contributed by atoms with Crippen molar-refractivity contribution in [3.63, 3.8) is 0 Å². The van der Waals surface area contributed by atoms with Crippen molar-refractivity contribution in [2.75, 3.05) is 6.61 Å². The first-order valence-corrected chi connectivity index (χ1v) is 6.79. The van der Waals surface area contributed by atoms with Gasteiger partial charge in [0.25, 0.3) is 0 Å². The Morgan fingerprint density at radius 3 is 2.56 bits per heavy atom. The molecule has 94 valence electrons. The summed E-state index contributed by atoms with van der Waals surface area (Å²) in [6, 6.07) is 10.2. The van der Waals surface area contributed by atoms with Gasteiger partial charge in [-0.15, -0.1) is 0 Å². The Hall–Kier alpha value is -1.57. The number of benzene rings is 1. The largest absolute Gasteiger partial charge is 0.463 e. The number of hydrogen-bond donors (Lipinski definition) is 0. The van der Waals surface area contributed by atoms with Gasteiger partial charge in [-0.05, 0) is 36.8 Å². The van der Waals surface area contributed by atoms with Crippen LogP contribution in [0.3, 0.4) is 0 Å². The topological polar surface area (TPSA) is 26.3 Å². The average Bonchev–Trinajstić information content (AvgIpc) is 3.03. The van der Waals surface area contributed by atoms with E-state index in [1.165, 1.54) is 30.4 Å². The summed E-state index contributed by atoms with van der Waals surface area (Å²) in [4.78, 5) is 12.0. The fourth-order valence-electron chi connectivity index (χ4n) is 2.88. The molecule has 0 bridgehead atoms.